The van der Waals surface area contributed by atoms with Crippen LogP contribution in [0, 0.1) is 0 Å². The quantitative estimate of drug-likeness (QED) is 0.504. The lowest BCUT2D eigenvalue weighted by Crippen LogP contribution is -2.22. The Morgan fingerprint density at radius 3 is 2.13 bits per heavy atom. The molecule has 3 aromatic rings. The molecule has 0 aliphatic rings. The molecule has 0 aliphatic carbocycles. The van der Waals surface area contributed by atoms with Gasteiger partial charge in [0.2, 0.25) is 5.91 Å². The van der Waals surface area contributed by atoms with Crippen molar-refractivity contribution in [2.75, 3.05) is 12.0 Å². The standard InChI is InChI=1S/C23H22N2O5S/c1-4-16-5-11-20(12-6-16)25(15(2)26)23-24-19(14-31-23)13-30-22(28)18-9-7-17(8-10-18)21(27)29-3/h5-12,14H,4,13H2,1-3H3. The van der Waals surface area contributed by atoms with Gasteiger partial charge in [-0.1, -0.05) is 19.1 Å². The first kappa shape index (κ1) is 22.2. The van der Waals surface area contributed by atoms with Crippen LogP contribution in [-0.4, -0.2) is 29.9 Å². The van der Waals surface area contributed by atoms with Crippen molar-refractivity contribution >= 4 is 40.0 Å². The van der Waals surface area contributed by atoms with Gasteiger partial charge in [-0.15, -0.1) is 11.3 Å². The third-order valence-corrected chi connectivity index (χ3v) is 5.42. The van der Waals surface area contributed by atoms with Crippen LogP contribution in [0.15, 0.2) is 53.9 Å². The fourth-order valence-electron chi connectivity index (χ4n) is 2.86. The van der Waals surface area contributed by atoms with E-state index < -0.39 is 11.9 Å². The van der Waals surface area contributed by atoms with Crippen LogP contribution in [0.1, 0.15) is 45.8 Å². The van der Waals surface area contributed by atoms with Gasteiger partial charge in [-0.2, -0.15) is 0 Å². The third-order valence-electron chi connectivity index (χ3n) is 4.54. The van der Waals surface area contributed by atoms with Gasteiger partial charge in [0, 0.05) is 12.3 Å². The molecule has 1 aromatic heterocycles. The minimum atomic E-state index is -0.537. The number of anilines is 2. The van der Waals surface area contributed by atoms with E-state index in [4.69, 9.17) is 4.74 Å². The van der Waals surface area contributed by atoms with E-state index in [9.17, 15) is 14.4 Å². The van der Waals surface area contributed by atoms with Gasteiger partial charge in [0.25, 0.3) is 0 Å². The molecule has 0 spiro atoms. The topological polar surface area (TPSA) is 85.8 Å². The molecule has 8 heteroatoms. The maximum absolute atomic E-state index is 12.3. The first-order valence-electron chi connectivity index (χ1n) is 9.62. The second kappa shape index (κ2) is 9.99. The Kier molecular flexibility index (Phi) is 7.15. The summed E-state index contributed by atoms with van der Waals surface area (Å²) in [4.78, 5) is 42.0. The van der Waals surface area contributed by atoms with Crippen LogP contribution in [-0.2, 0) is 27.3 Å². The second-order valence-electron chi connectivity index (χ2n) is 6.64. The number of thiazole rings is 1. The lowest BCUT2D eigenvalue weighted by Gasteiger charge is -2.18. The molecule has 0 unspecified atom stereocenters. The number of benzene rings is 2. The number of aryl methyl sites for hydroxylation is 1. The number of rotatable bonds is 7. The Hall–Kier alpha value is -3.52. The minimum Gasteiger partial charge on any atom is -0.465 e. The Bertz CT molecular complexity index is 1070. The van der Waals surface area contributed by atoms with Crippen molar-refractivity contribution < 1.29 is 23.9 Å². The second-order valence-corrected chi connectivity index (χ2v) is 7.48. The highest BCUT2D eigenvalue weighted by Gasteiger charge is 2.18. The fraction of sp³-hybridized carbons (Fsp3) is 0.217. The summed E-state index contributed by atoms with van der Waals surface area (Å²) >= 11 is 1.30. The van der Waals surface area contributed by atoms with Gasteiger partial charge < -0.3 is 9.47 Å². The maximum Gasteiger partial charge on any atom is 0.338 e. The first-order chi connectivity index (χ1) is 14.9. The SMILES string of the molecule is CCc1ccc(N(C(C)=O)c2nc(COC(=O)c3ccc(C(=O)OC)cc3)cs2)cc1. The molecule has 3 rings (SSSR count). The van der Waals surface area contributed by atoms with Gasteiger partial charge in [0.15, 0.2) is 5.13 Å². The van der Waals surface area contributed by atoms with Crippen molar-refractivity contribution in [3.8, 4) is 0 Å². The van der Waals surface area contributed by atoms with Crippen LogP contribution in [0.3, 0.4) is 0 Å². The fourth-order valence-corrected chi connectivity index (χ4v) is 3.73. The van der Waals surface area contributed by atoms with Gasteiger partial charge in [0.05, 0.1) is 29.6 Å². The van der Waals surface area contributed by atoms with E-state index in [1.54, 1.807) is 5.38 Å². The van der Waals surface area contributed by atoms with E-state index in [-0.39, 0.29) is 12.5 Å². The zero-order chi connectivity index (χ0) is 22.4. The van der Waals surface area contributed by atoms with E-state index in [1.807, 2.05) is 24.3 Å². The normalized spacial score (nSPS) is 10.4. The Morgan fingerprint density at radius 2 is 1.58 bits per heavy atom. The smallest absolute Gasteiger partial charge is 0.338 e. The van der Waals surface area contributed by atoms with Crippen molar-refractivity contribution in [2.45, 2.75) is 26.9 Å². The number of esters is 2. The summed E-state index contributed by atoms with van der Waals surface area (Å²) in [6.45, 7) is 3.51. The Labute approximate surface area is 184 Å². The average molecular weight is 439 g/mol. The Morgan fingerprint density at radius 1 is 0.968 bits per heavy atom. The van der Waals surface area contributed by atoms with Crippen LogP contribution < -0.4 is 4.90 Å². The van der Waals surface area contributed by atoms with Crippen LogP contribution in [0.4, 0.5) is 10.8 Å². The zero-order valence-corrected chi connectivity index (χ0v) is 18.3. The van der Waals surface area contributed by atoms with Crippen LogP contribution in [0.5, 0.6) is 0 Å². The van der Waals surface area contributed by atoms with Crippen LogP contribution >= 0.6 is 11.3 Å². The lowest BCUT2D eigenvalue weighted by atomic mass is 10.1. The van der Waals surface area contributed by atoms with Crippen molar-refractivity contribution in [3.05, 3.63) is 76.3 Å². The molecule has 0 saturated heterocycles. The van der Waals surface area contributed by atoms with Gasteiger partial charge in [0.1, 0.15) is 6.61 Å². The highest BCUT2D eigenvalue weighted by molar-refractivity contribution is 7.14. The average Bonchev–Trinajstić information content (AvgIpc) is 3.25. The molecule has 160 valence electrons. The Balaban J connectivity index is 1.67. The van der Waals surface area contributed by atoms with Gasteiger partial charge >= 0.3 is 11.9 Å². The number of carbonyl (C=O) groups excluding carboxylic acids is 3. The first-order valence-corrected chi connectivity index (χ1v) is 10.5. The number of hydrogen-bond donors (Lipinski definition) is 0. The van der Waals surface area contributed by atoms with Crippen LogP contribution in [0.25, 0.3) is 0 Å². The van der Waals surface area contributed by atoms with Crippen molar-refractivity contribution in [3.63, 3.8) is 0 Å². The van der Waals surface area contributed by atoms with E-state index in [1.165, 1.54) is 60.1 Å². The molecule has 7 nitrogen and oxygen atoms in total. The number of aromatic nitrogens is 1. The van der Waals surface area contributed by atoms with E-state index in [0.717, 1.165) is 12.1 Å². The number of methoxy groups -OCH3 is 1. The summed E-state index contributed by atoms with van der Waals surface area (Å²) in [5, 5.41) is 2.25. The molecule has 0 saturated carbocycles. The van der Waals surface area contributed by atoms with Crippen molar-refractivity contribution in [2.24, 2.45) is 0 Å². The van der Waals surface area contributed by atoms with Crippen molar-refractivity contribution in [1.29, 1.82) is 0 Å². The van der Waals surface area contributed by atoms with E-state index >= 15 is 0 Å². The molecule has 0 fully saturated rings. The molecule has 2 aromatic carbocycles. The largest absolute Gasteiger partial charge is 0.465 e. The molecule has 31 heavy (non-hydrogen) atoms. The monoisotopic (exact) mass is 438 g/mol. The van der Waals surface area contributed by atoms with Gasteiger partial charge in [-0.05, 0) is 48.4 Å². The molecular formula is C23H22N2O5S. The molecule has 0 bridgehead atoms. The molecule has 0 aliphatic heterocycles. The summed E-state index contributed by atoms with van der Waals surface area (Å²) in [5.74, 6) is -1.17. The zero-order valence-electron chi connectivity index (χ0n) is 17.5. The summed E-state index contributed by atoms with van der Waals surface area (Å²) < 4.78 is 9.95. The van der Waals surface area contributed by atoms with E-state index in [2.05, 4.69) is 16.6 Å². The summed E-state index contributed by atoms with van der Waals surface area (Å²) in [6, 6.07) is 13.7. The minimum absolute atomic E-state index is 0.0331. The highest BCUT2D eigenvalue weighted by atomic mass is 32.1. The predicted molar refractivity (Wildman–Crippen MR) is 118 cm³/mol. The number of carbonyl (C=O) groups is 3. The maximum atomic E-state index is 12.3. The number of ether oxygens (including phenoxy) is 2. The highest BCUT2D eigenvalue weighted by Crippen LogP contribution is 2.29. The number of amides is 1. The molecular weight excluding hydrogens is 416 g/mol. The molecule has 0 atom stereocenters. The number of hydrogen-bond acceptors (Lipinski definition) is 7. The molecule has 0 radical (unpaired) electrons. The van der Waals surface area contributed by atoms with Crippen LogP contribution in [0.2, 0.25) is 0 Å². The summed E-state index contributed by atoms with van der Waals surface area (Å²) in [7, 11) is 1.29. The molecule has 1 heterocycles. The number of nitrogens with zero attached hydrogens (tertiary/aromatic N) is 2. The van der Waals surface area contributed by atoms with Crippen molar-refractivity contribution in [1.82, 2.24) is 4.98 Å². The van der Waals surface area contributed by atoms with E-state index in [0.29, 0.717) is 22.0 Å². The molecule has 0 N–H and O–H groups in total. The van der Waals surface area contributed by atoms with Gasteiger partial charge in [-0.25, -0.2) is 14.6 Å². The summed E-state index contributed by atoms with van der Waals surface area (Å²) in [6.07, 6.45) is 0.915. The molecule has 1 amide bonds. The predicted octanol–water partition coefficient (Wildman–Crippen LogP) is 4.53. The van der Waals surface area contributed by atoms with Gasteiger partial charge in [-0.3, -0.25) is 9.69 Å². The summed E-state index contributed by atoms with van der Waals surface area (Å²) in [5.41, 5.74) is 3.10. The third kappa shape index (κ3) is 5.35. The lowest BCUT2D eigenvalue weighted by molar-refractivity contribution is -0.115.